The van der Waals surface area contributed by atoms with Crippen molar-refractivity contribution < 1.29 is 18.7 Å². The number of rotatable bonds is 8. The molecule has 0 aliphatic heterocycles. The van der Waals surface area contributed by atoms with Gasteiger partial charge in [-0.3, -0.25) is 10.1 Å². The first-order valence-electron chi connectivity index (χ1n) is 9.02. The normalized spacial score (nSPS) is 10.7. The second kappa shape index (κ2) is 9.03. The van der Waals surface area contributed by atoms with Crippen molar-refractivity contribution in [2.75, 3.05) is 19.0 Å². The number of para-hydroxylation sites is 2. The van der Waals surface area contributed by atoms with Crippen LogP contribution in [0.25, 0.3) is 0 Å². The summed E-state index contributed by atoms with van der Waals surface area (Å²) in [5.41, 5.74) is 2.34. The van der Waals surface area contributed by atoms with Crippen molar-refractivity contribution in [3.8, 4) is 11.5 Å². The summed E-state index contributed by atoms with van der Waals surface area (Å²) >= 11 is 0. The third kappa shape index (κ3) is 5.09. The number of hydrogen-bond donors (Lipinski definition) is 1. The molecule has 1 aromatic heterocycles. The third-order valence-electron chi connectivity index (χ3n) is 4.14. The summed E-state index contributed by atoms with van der Waals surface area (Å²) in [6.07, 6.45) is 0.499. The Bertz CT molecular complexity index is 919. The molecule has 7 nitrogen and oxygen atoms in total. The molecular formula is C21H23N3O4. The highest BCUT2D eigenvalue weighted by molar-refractivity contribution is 5.89. The van der Waals surface area contributed by atoms with E-state index in [0.717, 1.165) is 5.56 Å². The predicted molar refractivity (Wildman–Crippen MR) is 105 cm³/mol. The topological polar surface area (TPSA) is 86.5 Å². The molecule has 1 heterocycles. The minimum absolute atomic E-state index is 0.0439. The monoisotopic (exact) mass is 381 g/mol. The molecule has 3 rings (SSSR count). The minimum atomic E-state index is -0.401. The van der Waals surface area contributed by atoms with Crippen molar-refractivity contribution in [3.63, 3.8) is 0 Å². The van der Waals surface area contributed by atoms with Gasteiger partial charge in [-0.05, 0) is 29.2 Å². The predicted octanol–water partition coefficient (Wildman–Crippen LogP) is 3.81. The van der Waals surface area contributed by atoms with E-state index in [2.05, 4.69) is 41.5 Å². The lowest BCUT2D eigenvalue weighted by Crippen LogP contribution is -2.20. The maximum atomic E-state index is 12.0. The number of ether oxygens (including phenoxy) is 2. The number of anilines is 1. The molecular weight excluding hydrogens is 358 g/mol. The fraction of sp³-hybridized carbons (Fsp3) is 0.286. The number of carbonyl (C=O) groups is 1. The van der Waals surface area contributed by atoms with Crippen LogP contribution < -0.4 is 14.8 Å². The molecule has 3 aromatic rings. The molecule has 7 heteroatoms. The lowest BCUT2D eigenvalue weighted by molar-refractivity contribution is -0.118. The second-order valence-electron chi connectivity index (χ2n) is 6.56. The van der Waals surface area contributed by atoms with Crippen molar-refractivity contribution in [1.82, 2.24) is 10.2 Å². The number of aromatic nitrogens is 2. The van der Waals surface area contributed by atoms with E-state index in [1.54, 1.807) is 25.3 Å². The van der Waals surface area contributed by atoms with E-state index in [1.807, 2.05) is 18.2 Å². The highest BCUT2D eigenvalue weighted by Crippen LogP contribution is 2.25. The van der Waals surface area contributed by atoms with Crippen LogP contribution in [0.15, 0.2) is 52.9 Å². The van der Waals surface area contributed by atoms with E-state index in [9.17, 15) is 4.79 Å². The second-order valence-corrected chi connectivity index (χ2v) is 6.56. The molecule has 1 N–H and O–H groups in total. The van der Waals surface area contributed by atoms with Gasteiger partial charge >= 0.3 is 6.01 Å². The quantitative estimate of drug-likeness (QED) is 0.638. The first kappa shape index (κ1) is 19.4. The summed E-state index contributed by atoms with van der Waals surface area (Å²) in [6.45, 7) is 4.11. The number of hydrogen-bond acceptors (Lipinski definition) is 6. The number of benzene rings is 2. The molecule has 2 aromatic carbocycles. The van der Waals surface area contributed by atoms with E-state index in [1.165, 1.54) is 5.56 Å². The zero-order chi connectivity index (χ0) is 19.9. The summed E-state index contributed by atoms with van der Waals surface area (Å²) in [5, 5.41) is 10.4. The highest BCUT2D eigenvalue weighted by Gasteiger charge is 2.12. The molecule has 0 spiro atoms. The number of methoxy groups -OCH3 is 1. The maximum Gasteiger partial charge on any atom is 0.322 e. The Hall–Kier alpha value is -3.35. The molecule has 0 atom stereocenters. The van der Waals surface area contributed by atoms with Crippen LogP contribution in [0.3, 0.4) is 0 Å². The van der Waals surface area contributed by atoms with Crippen LogP contribution in [-0.4, -0.2) is 29.8 Å². The summed E-state index contributed by atoms with van der Waals surface area (Å²) < 4.78 is 16.1. The maximum absolute atomic E-state index is 12.0. The van der Waals surface area contributed by atoms with Gasteiger partial charge < -0.3 is 13.9 Å². The number of amides is 1. The zero-order valence-corrected chi connectivity index (χ0v) is 16.1. The SMILES string of the molecule is COc1ccccc1OCC(=O)Nc1nnc(Cc2ccc(C(C)C)cc2)o1. The molecule has 0 radical (unpaired) electrons. The van der Waals surface area contributed by atoms with Gasteiger partial charge in [0, 0.05) is 0 Å². The smallest absolute Gasteiger partial charge is 0.322 e. The van der Waals surface area contributed by atoms with Crippen LogP contribution in [0, 0.1) is 0 Å². The molecule has 0 aliphatic carbocycles. The van der Waals surface area contributed by atoms with Crippen molar-refractivity contribution in [2.45, 2.75) is 26.2 Å². The fourth-order valence-corrected chi connectivity index (χ4v) is 2.61. The lowest BCUT2D eigenvalue weighted by atomic mass is 10.0. The lowest BCUT2D eigenvalue weighted by Gasteiger charge is -2.09. The van der Waals surface area contributed by atoms with Gasteiger partial charge in [-0.2, -0.15) is 0 Å². The molecule has 1 amide bonds. The van der Waals surface area contributed by atoms with Crippen LogP contribution in [0.4, 0.5) is 6.01 Å². The summed E-state index contributed by atoms with van der Waals surface area (Å²) in [7, 11) is 1.54. The molecule has 0 aliphatic rings. The Kier molecular flexibility index (Phi) is 6.26. The van der Waals surface area contributed by atoms with E-state index < -0.39 is 5.91 Å². The molecule has 146 valence electrons. The Labute approximate surface area is 163 Å². The highest BCUT2D eigenvalue weighted by atomic mass is 16.5. The zero-order valence-electron chi connectivity index (χ0n) is 16.1. The van der Waals surface area contributed by atoms with E-state index >= 15 is 0 Å². The molecule has 0 saturated carbocycles. The Morgan fingerprint density at radius 3 is 2.46 bits per heavy atom. The molecule has 28 heavy (non-hydrogen) atoms. The van der Waals surface area contributed by atoms with Crippen molar-refractivity contribution in [1.29, 1.82) is 0 Å². The van der Waals surface area contributed by atoms with E-state index in [4.69, 9.17) is 13.9 Å². The third-order valence-corrected chi connectivity index (χ3v) is 4.14. The van der Waals surface area contributed by atoms with E-state index in [-0.39, 0.29) is 12.6 Å². The van der Waals surface area contributed by atoms with Gasteiger partial charge in [0.25, 0.3) is 5.91 Å². The largest absolute Gasteiger partial charge is 0.493 e. The number of nitrogens with one attached hydrogen (secondary N) is 1. The van der Waals surface area contributed by atoms with Gasteiger partial charge in [0.15, 0.2) is 18.1 Å². The van der Waals surface area contributed by atoms with Gasteiger partial charge in [0.1, 0.15) is 0 Å². The summed E-state index contributed by atoms with van der Waals surface area (Å²) in [4.78, 5) is 12.0. The molecule has 0 unspecified atom stereocenters. The average molecular weight is 381 g/mol. The molecule has 0 saturated heterocycles. The van der Waals surface area contributed by atoms with Crippen molar-refractivity contribution in [2.24, 2.45) is 0 Å². The number of carbonyl (C=O) groups excluding carboxylic acids is 1. The van der Waals surface area contributed by atoms with Gasteiger partial charge in [0.2, 0.25) is 5.89 Å². The van der Waals surface area contributed by atoms with Crippen LogP contribution >= 0.6 is 0 Å². The molecule has 0 fully saturated rings. The van der Waals surface area contributed by atoms with Crippen molar-refractivity contribution >= 4 is 11.9 Å². The molecule has 0 bridgehead atoms. The van der Waals surface area contributed by atoms with Gasteiger partial charge in [-0.1, -0.05) is 55.3 Å². The average Bonchev–Trinajstić information content (AvgIpc) is 3.13. The van der Waals surface area contributed by atoms with Gasteiger partial charge in [0.05, 0.1) is 13.5 Å². The fourth-order valence-electron chi connectivity index (χ4n) is 2.61. The van der Waals surface area contributed by atoms with Crippen LogP contribution in [0.5, 0.6) is 11.5 Å². The van der Waals surface area contributed by atoms with Crippen molar-refractivity contribution in [3.05, 3.63) is 65.5 Å². The first-order chi connectivity index (χ1) is 13.5. The van der Waals surface area contributed by atoms with Crippen LogP contribution in [-0.2, 0) is 11.2 Å². The standard InChI is InChI=1S/C21H23N3O4/c1-14(2)16-10-8-15(9-11-16)12-20-23-24-21(28-20)22-19(25)13-27-18-7-5-4-6-17(18)26-3/h4-11,14H,12-13H2,1-3H3,(H,22,24,25). The Balaban J connectivity index is 1.53. The Morgan fingerprint density at radius 1 is 1.07 bits per heavy atom. The summed E-state index contributed by atoms with van der Waals surface area (Å²) in [5.74, 6) is 1.55. The van der Waals surface area contributed by atoms with Crippen LogP contribution in [0.2, 0.25) is 0 Å². The van der Waals surface area contributed by atoms with Gasteiger partial charge in [-0.25, -0.2) is 0 Å². The number of nitrogens with zero attached hydrogens (tertiary/aromatic N) is 2. The van der Waals surface area contributed by atoms with E-state index in [0.29, 0.717) is 29.7 Å². The first-order valence-corrected chi connectivity index (χ1v) is 9.02. The Morgan fingerprint density at radius 2 is 1.79 bits per heavy atom. The minimum Gasteiger partial charge on any atom is -0.493 e. The van der Waals surface area contributed by atoms with Crippen LogP contribution in [0.1, 0.15) is 36.8 Å². The summed E-state index contributed by atoms with van der Waals surface area (Å²) in [6, 6.07) is 15.4. The van der Waals surface area contributed by atoms with Gasteiger partial charge in [-0.15, -0.1) is 5.10 Å².